The number of nitrogens with one attached hydrogen (secondary N) is 1. The molecule has 3 nitrogen and oxygen atoms in total. The summed E-state index contributed by atoms with van der Waals surface area (Å²) < 4.78 is 2.16. The second kappa shape index (κ2) is 5.76. The standard InChI is InChI=1S/C22H25N3/c1-5-22(6-2,18-14-23-19-10-8-7-9-17(18)19)16-11-12-21-20(13-16)24-15(3)25(21)4/h7-14,23H,5-6H2,1-4H3. The molecule has 3 heteroatoms. The average Bonchev–Trinajstić information content (AvgIpc) is 3.19. The summed E-state index contributed by atoms with van der Waals surface area (Å²) in [5, 5.41) is 1.32. The number of H-pyrrole nitrogens is 1. The van der Waals surface area contributed by atoms with Crippen molar-refractivity contribution in [1.29, 1.82) is 0 Å². The number of benzene rings is 2. The van der Waals surface area contributed by atoms with Gasteiger partial charge in [0.25, 0.3) is 0 Å². The first-order valence-electron chi connectivity index (χ1n) is 9.11. The van der Waals surface area contributed by atoms with Gasteiger partial charge in [0, 0.05) is 29.6 Å². The summed E-state index contributed by atoms with van der Waals surface area (Å²) in [7, 11) is 2.08. The summed E-state index contributed by atoms with van der Waals surface area (Å²) in [5.41, 5.74) is 6.23. The molecule has 2 aromatic heterocycles. The number of hydrogen-bond donors (Lipinski definition) is 1. The van der Waals surface area contributed by atoms with Crippen LogP contribution in [-0.2, 0) is 12.5 Å². The van der Waals surface area contributed by atoms with Crippen molar-refractivity contribution in [3.8, 4) is 0 Å². The van der Waals surface area contributed by atoms with Gasteiger partial charge in [0.15, 0.2) is 0 Å². The van der Waals surface area contributed by atoms with E-state index in [0.717, 1.165) is 24.2 Å². The number of para-hydroxylation sites is 1. The minimum absolute atomic E-state index is 0.000774. The molecule has 0 bridgehead atoms. The molecular weight excluding hydrogens is 306 g/mol. The van der Waals surface area contributed by atoms with E-state index in [1.165, 1.54) is 27.5 Å². The maximum absolute atomic E-state index is 4.75. The van der Waals surface area contributed by atoms with Crippen LogP contribution >= 0.6 is 0 Å². The van der Waals surface area contributed by atoms with Crippen molar-refractivity contribution in [2.75, 3.05) is 0 Å². The van der Waals surface area contributed by atoms with E-state index < -0.39 is 0 Å². The molecule has 0 atom stereocenters. The predicted octanol–water partition coefficient (Wildman–Crippen LogP) is 5.47. The Morgan fingerprint density at radius 2 is 1.84 bits per heavy atom. The van der Waals surface area contributed by atoms with E-state index in [4.69, 9.17) is 4.98 Å². The topological polar surface area (TPSA) is 33.6 Å². The Balaban J connectivity index is 1.97. The second-order valence-corrected chi connectivity index (χ2v) is 6.96. The Morgan fingerprint density at radius 1 is 1.08 bits per heavy atom. The number of nitrogens with zero attached hydrogens (tertiary/aromatic N) is 2. The molecule has 0 fully saturated rings. The van der Waals surface area contributed by atoms with Crippen molar-refractivity contribution in [3.05, 3.63) is 65.6 Å². The highest BCUT2D eigenvalue weighted by atomic mass is 15.0. The minimum Gasteiger partial charge on any atom is -0.361 e. The lowest BCUT2D eigenvalue weighted by molar-refractivity contribution is 0.482. The van der Waals surface area contributed by atoms with Crippen LogP contribution in [0.5, 0.6) is 0 Å². The Bertz CT molecular complexity index is 1050. The number of aryl methyl sites for hydroxylation is 2. The number of fused-ring (bicyclic) bond motifs is 2. The maximum atomic E-state index is 4.75. The van der Waals surface area contributed by atoms with Gasteiger partial charge in [0.1, 0.15) is 5.82 Å². The minimum atomic E-state index is -0.000774. The van der Waals surface area contributed by atoms with Gasteiger partial charge < -0.3 is 9.55 Å². The third kappa shape index (κ3) is 2.22. The summed E-state index contributed by atoms with van der Waals surface area (Å²) >= 11 is 0. The van der Waals surface area contributed by atoms with E-state index in [-0.39, 0.29) is 5.41 Å². The van der Waals surface area contributed by atoms with Gasteiger partial charge in [-0.25, -0.2) is 4.98 Å². The van der Waals surface area contributed by atoms with Gasteiger partial charge in [0.05, 0.1) is 11.0 Å². The summed E-state index contributed by atoms with van der Waals surface area (Å²) in [6, 6.07) is 15.4. The highest BCUT2D eigenvalue weighted by Crippen LogP contribution is 2.42. The molecule has 4 aromatic rings. The summed E-state index contributed by atoms with van der Waals surface area (Å²) in [6.07, 6.45) is 4.32. The van der Waals surface area contributed by atoms with E-state index in [0.29, 0.717) is 0 Å². The molecule has 2 aromatic carbocycles. The fraction of sp³-hybridized carbons (Fsp3) is 0.318. The van der Waals surface area contributed by atoms with Crippen molar-refractivity contribution in [2.24, 2.45) is 7.05 Å². The largest absolute Gasteiger partial charge is 0.361 e. The van der Waals surface area contributed by atoms with Gasteiger partial charge in [-0.15, -0.1) is 0 Å². The quantitative estimate of drug-likeness (QED) is 0.528. The molecule has 0 amide bonds. The van der Waals surface area contributed by atoms with Crippen molar-refractivity contribution in [1.82, 2.24) is 14.5 Å². The van der Waals surface area contributed by atoms with Crippen LogP contribution in [0.15, 0.2) is 48.7 Å². The maximum Gasteiger partial charge on any atom is 0.106 e. The Hall–Kier alpha value is -2.55. The number of rotatable bonds is 4. The SMILES string of the molecule is CCC(CC)(c1ccc2c(c1)nc(C)n2C)c1c[nH]c2ccccc12. The summed E-state index contributed by atoms with van der Waals surface area (Å²) in [4.78, 5) is 8.22. The van der Waals surface area contributed by atoms with E-state index in [1.54, 1.807) is 0 Å². The lowest BCUT2D eigenvalue weighted by Crippen LogP contribution is -2.25. The smallest absolute Gasteiger partial charge is 0.106 e. The van der Waals surface area contributed by atoms with Crippen LogP contribution in [0.2, 0.25) is 0 Å². The van der Waals surface area contributed by atoms with Crippen LogP contribution in [0, 0.1) is 6.92 Å². The normalized spacial score (nSPS) is 12.3. The molecular formula is C22H25N3. The van der Waals surface area contributed by atoms with Crippen LogP contribution in [0.4, 0.5) is 0 Å². The van der Waals surface area contributed by atoms with E-state index in [9.17, 15) is 0 Å². The first kappa shape index (κ1) is 15.9. The Labute approximate surface area is 148 Å². The van der Waals surface area contributed by atoms with Crippen molar-refractivity contribution >= 4 is 21.9 Å². The number of aromatic nitrogens is 3. The summed E-state index contributed by atoms with van der Waals surface area (Å²) in [5.74, 6) is 1.05. The number of hydrogen-bond acceptors (Lipinski definition) is 1. The third-order valence-electron chi connectivity index (χ3n) is 5.97. The Morgan fingerprint density at radius 3 is 2.60 bits per heavy atom. The van der Waals surface area contributed by atoms with Crippen molar-refractivity contribution < 1.29 is 0 Å². The molecule has 0 saturated heterocycles. The number of aromatic amines is 1. The molecule has 0 aliphatic rings. The van der Waals surface area contributed by atoms with Crippen molar-refractivity contribution in [3.63, 3.8) is 0 Å². The summed E-state index contributed by atoms with van der Waals surface area (Å²) in [6.45, 7) is 6.64. The molecule has 128 valence electrons. The fourth-order valence-corrected chi connectivity index (χ4v) is 4.28. The predicted molar refractivity (Wildman–Crippen MR) is 105 cm³/mol. The molecule has 0 radical (unpaired) electrons. The molecule has 0 aliphatic heterocycles. The molecule has 25 heavy (non-hydrogen) atoms. The van der Waals surface area contributed by atoms with Gasteiger partial charge in [-0.3, -0.25) is 0 Å². The number of imidazole rings is 1. The lowest BCUT2D eigenvalue weighted by Gasteiger charge is -2.32. The monoisotopic (exact) mass is 331 g/mol. The molecule has 2 heterocycles. The zero-order chi connectivity index (χ0) is 17.6. The van der Waals surface area contributed by atoms with Gasteiger partial charge in [-0.1, -0.05) is 38.1 Å². The van der Waals surface area contributed by atoms with Gasteiger partial charge >= 0.3 is 0 Å². The van der Waals surface area contributed by atoms with Crippen LogP contribution in [-0.4, -0.2) is 14.5 Å². The van der Waals surface area contributed by atoms with Crippen LogP contribution in [0.1, 0.15) is 43.6 Å². The van der Waals surface area contributed by atoms with E-state index in [2.05, 4.69) is 86.0 Å². The molecule has 0 unspecified atom stereocenters. The Kier molecular flexibility index (Phi) is 3.68. The molecule has 0 spiro atoms. The van der Waals surface area contributed by atoms with Gasteiger partial charge in [-0.05, 0) is 49.1 Å². The highest BCUT2D eigenvalue weighted by molar-refractivity contribution is 5.85. The lowest BCUT2D eigenvalue weighted by atomic mass is 9.70. The fourth-order valence-electron chi connectivity index (χ4n) is 4.28. The van der Waals surface area contributed by atoms with Crippen LogP contribution in [0.3, 0.4) is 0 Å². The average molecular weight is 331 g/mol. The first-order valence-corrected chi connectivity index (χ1v) is 9.11. The molecule has 4 rings (SSSR count). The van der Waals surface area contributed by atoms with Crippen LogP contribution < -0.4 is 0 Å². The zero-order valence-electron chi connectivity index (χ0n) is 15.4. The molecule has 0 aliphatic carbocycles. The first-order chi connectivity index (χ1) is 12.1. The van der Waals surface area contributed by atoms with E-state index >= 15 is 0 Å². The van der Waals surface area contributed by atoms with Gasteiger partial charge in [-0.2, -0.15) is 0 Å². The highest BCUT2D eigenvalue weighted by Gasteiger charge is 2.33. The van der Waals surface area contributed by atoms with E-state index in [1.807, 2.05) is 0 Å². The van der Waals surface area contributed by atoms with Gasteiger partial charge in [0.2, 0.25) is 0 Å². The second-order valence-electron chi connectivity index (χ2n) is 6.96. The molecule has 1 N–H and O–H groups in total. The molecule has 0 saturated carbocycles. The zero-order valence-corrected chi connectivity index (χ0v) is 15.4. The third-order valence-corrected chi connectivity index (χ3v) is 5.97. The van der Waals surface area contributed by atoms with Crippen molar-refractivity contribution in [2.45, 2.75) is 39.0 Å². The van der Waals surface area contributed by atoms with Crippen LogP contribution in [0.25, 0.3) is 21.9 Å².